The van der Waals surface area contributed by atoms with E-state index in [0.717, 1.165) is 15.6 Å². The fourth-order valence-corrected chi connectivity index (χ4v) is 3.12. The lowest BCUT2D eigenvalue weighted by Crippen LogP contribution is -2.14. The molecule has 0 amide bonds. The molecule has 2 aromatic rings. The summed E-state index contributed by atoms with van der Waals surface area (Å²) in [6.45, 7) is 2.40. The van der Waals surface area contributed by atoms with E-state index in [1.165, 1.54) is 0 Å². The third kappa shape index (κ3) is 4.26. The summed E-state index contributed by atoms with van der Waals surface area (Å²) in [7, 11) is 1.58. The van der Waals surface area contributed by atoms with Crippen molar-refractivity contribution in [3.05, 3.63) is 58.1 Å². The van der Waals surface area contributed by atoms with Gasteiger partial charge in [-0.15, -0.1) is 0 Å². The third-order valence-electron chi connectivity index (χ3n) is 3.51. The summed E-state index contributed by atoms with van der Waals surface area (Å²) in [5.74, 6) is -0.231. The van der Waals surface area contributed by atoms with Crippen LogP contribution >= 0.6 is 15.9 Å². The maximum Gasteiger partial charge on any atom is 0.311 e. The molecule has 4 nitrogen and oxygen atoms in total. The number of carboxylic acids is 1. The molecule has 0 saturated heterocycles. The van der Waals surface area contributed by atoms with Gasteiger partial charge in [0.25, 0.3) is 0 Å². The van der Waals surface area contributed by atoms with Crippen LogP contribution in [0, 0.1) is 0 Å². The van der Waals surface area contributed by atoms with Crippen molar-refractivity contribution in [1.29, 1.82) is 0 Å². The number of halogens is 1. The molecule has 0 saturated carbocycles. The van der Waals surface area contributed by atoms with E-state index in [0.29, 0.717) is 24.5 Å². The van der Waals surface area contributed by atoms with E-state index in [4.69, 9.17) is 9.47 Å². The summed E-state index contributed by atoms with van der Waals surface area (Å²) in [5, 5.41) is 9.56. The van der Waals surface area contributed by atoms with Gasteiger partial charge in [0.05, 0.1) is 24.1 Å². The number of rotatable bonds is 7. The molecule has 0 aliphatic rings. The fraction of sp³-hybridized carbons (Fsp3) is 0.278. The molecule has 5 heteroatoms. The zero-order valence-electron chi connectivity index (χ0n) is 13.1. The van der Waals surface area contributed by atoms with Gasteiger partial charge in [-0.3, -0.25) is 4.79 Å². The van der Waals surface area contributed by atoms with Gasteiger partial charge in [-0.25, -0.2) is 0 Å². The van der Waals surface area contributed by atoms with Gasteiger partial charge in [-0.1, -0.05) is 30.3 Å². The zero-order chi connectivity index (χ0) is 16.8. The predicted octanol–water partition coefficient (Wildman–Crippen LogP) is 4.27. The molecular formula is C18H19BrO4. The Labute approximate surface area is 144 Å². The molecule has 122 valence electrons. The Hall–Kier alpha value is -2.01. The number of aliphatic carboxylic acids is 1. The van der Waals surface area contributed by atoms with Gasteiger partial charge in [-0.05, 0) is 52.5 Å². The van der Waals surface area contributed by atoms with Crippen LogP contribution in [-0.2, 0) is 11.2 Å². The highest BCUT2D eigenvalue weighted by Crippen LogP contribution is 2.37. The molecule has 0 heterocycles. The van der Waals surface area contributed by atoms with E-state index >= 15 is 0 Å². The average molecular weight is 379 g/mol. The van der Waals surface area contributed by atoms with Gasteiger partial charge in [0.1, 0.15) is 0 Å². The van der Waals surface area contributed by atoms with Gasteiger partial charge in [-0.2, -0.15) is 0 Å². The molecule has 2 rings (SSSR count). The highest BCUT2D eigenvalue weighted by Gasteiger charge is 2.21. The minimum Gasteiger partial charge on any atom is -0.492 e. The molecule has 1 unspecified atom stereocenters. The van der Waals surface area contributed by atoms with Gasteiger partial charge in [0, 0.05) is 0 Å². The first-order chi connectivity index (χ1) is 11.1. The molecule has 1 atom stereocenters. The second kappa shape index (κ2) is 8.02. The number of hydrogen-bond donors (Lipinski definition) is 1. The van der Waals surface area contributed by atoms with E-state index in [-0.39, 0.29) is 0 Å². The van der Waals surface area contributed by atoms with Crippen LogP contribution in [0.3, 0.4) is 0 Å². The van der Waals surface area contributed by atoms with Crippen LogP contribution < -0.4 is 9.47 Å². The molecule has 1 N–H and O–H groups in total. The Kier molecular flexibility index (Phi) is 6.04. The van der Waals surface area contributed by atoms with Gasteiger partial charge >= 0.3 is 5.97 Å². The Balaban J connectivity index is 2.35. The number of hydrogen-bond acceptors (Lipinski definition) is 3. The van der Waals surface area contributed by atoms with Gasteiger partial charge in [0.2, 0.25) is 0 Å². The lowest BCUT2D eigenvalue weighted by atomic mass is 9.92. The van der Waals surface area contributed by atoms with Crippen LogP contribution in [0.4, 0.5) is 0 Å². The number of methoxy groups -OCH3 is 1. The minimum absolute atomic E-state index is 0.377. The highest BCUT2D eigenvalue weighted by molar-refractivity contribution is 9.10. The summed E-state index contributed by atoms with van der Waals surface area (Å²) in [4.78, 5) is 11.7. The van der Waals surface area contributed by atoms with Gasteiger partial charge in [0.15, 0.2) is 11.5 Å². The molecule has 0 bridgehead atoms. The largest absolute Gasteiger partial charge is 0.492 e. The van der Waals surface area contributed by atoms with Crippen LogP contribution in [-0.4, -0.2) is 24.8 Å². The van der Waals surface area contributed by atoms with Crippen molar-refractivity contribution in [2.45, 2.75) is 19.3 Å². The van der Waals surface area contributed by atoms with Crippen LogP contribution in [0.5, 0.6) is 11.5 Å². The van der Waals surface area contributed by atoms with Crippen molar-refractivity contribution in [3.8, 4) is 11.5 Å². The van der Waals surface area contributed by atoms with Crippen molar-refractivity contribution in [2.24, 2.45) is 0 Å². The zero-order valence-corrected chi connectivity index (χ0v) is 14.7. The second-order valence-electron chi connectivity index (χ2n) is 5.05. The fourth-order valence-electron chi connectivity index (χ4n) is 2.47. The standard InChI is InChI=1S/C18H19BrO4/c1-3-23-16-11-12(10-15(19)17(16)22-2)9-14(18(20)21)13-7-5-4-6-8-13/h4-8,10-11,14H,3,9H2,1-2H3,(H,20,21). The maximum absolute atomic E-state index is 11.7. The lowest BCUT2D eigenvalue weighted by molar-refractivity contribution is -0.138. The second-order valence-corrected chi connectivity index (χ2v) is 5.90. The average Bonchev–Trinajstić information content (AvgIpc) is 2.53. The summed E-state index contributed by atoms with van der Waals surface area (Å²) in [5.41, 5.74) is 1.65. The topological polar surface area (TPSA) is 55.8 Å². The number of carbonyl (C=O) groups is 1. The smallest absolute Gasteiger partial charge is 0.311 e. The third-order valence-corrected chi connectivity index (χ3v) is 4.10. The lowest BCUT2D eigenvalue weighted by Gasteiger charge is -2.16. The van der Waals surface area contributed by atoms with E-state index < -0.39 is 11.9 Å². The first kappa shape index (κ1) is 17.3. The Morgan fingerprint density at radius 1 is 1.26 bits per heavy atom. The normalized spacial score (nSPS) is 11.8. The van der Waals surface area contributed by atoms with Crippen molar-refractivity contribution in [2.75, 3.05) is 13.7 Å². The van der Waals surface area contributed by atoms with E-state index in [1.807, 2.05) is 49.4 Å². The molecule has 0 aromatic heterocycles. The molecule has 2 aromatic carbocycles. The van der Waals surface area contributed by atoms with Crippen LogP contribution in [0.15, 0.2) is 46.9 Å². The quantitative estimate of drug-likeness (QED) is 0.781. The molecule has 23 heavy (non-hydrogen) atoms. The summed E-state index contributed by atoms with van der Waals surface area (Å²) in [6, 6.07) is 13.0. The van der Waals surface area contributed by atoms with Crippen molar-refractivity contribution < 1.29 is 19.4 Å². The molecule has 0 aliphatic carbocycles. The Morgan fingerprint density at radius 3 is 2.52 bits per heavy atom. The SMILES string of the molecule is CCOc1cc(CC(C(=O)O)c2ccccc2)cc(Br)c1OC. The van der Waals surface area contributed by atoms with Crippen molar-refractivity contribution >= 4 is 21.9 Å². The van der Waals surface area contributed by atoms with Crippen molar-refractivity contribution in [3.63, 3.8) is 0 Å². The Morgan fingerprint density at radius 2 is 1.96 bits per heavy atom. The number of ether oxygens (including phenoxy) is 2. The first-order valence-electron chi connectivity index (χ1n) is 7.33. The first-order valence-corrected chi connectivity index (χ1v) is 8.13. The van der Waals surface area contributed by atoms with E-state index in [1.54, 1.807) is 7.11 Å². The molecule has 0 aliphatic heterocycles. The monoisotopic (exact) mass is 378 g/mol. The van der Waals surface area contributed by atoms with E-state index in [9.17, 15) is 9.90 Å². The van der Waals surface area contributed by atoms with Crippen molar-refractivity contribution in [1.82, 2.24) is 0 Å². The summed E-state index contributed by atoms with van der Waals surface area (Å²) in [6.07, 6.45) is 0.377. The molecule has 0 spiro atoms. The number of carboxylic acid groups (broad SMARTS) is 1. The molecular weight excluding hydrogens is 360 g/mol. The molecule has 0 radical (unpaired) electrons. The predicted molar refractivity (Wildman–Crippen MR) is 92.4 cm³/mol. The summed E-state index contributed by atoms with van der Waals surface area (Å²) < 4.78 is 11.7. The van der Waals surface area contributed by atoms with Crippen LogP contribution in [0.1, 0.15) is 24.0 Å². The highest BCUT2D eigenvalue weighted by atomic mass is 79.9. The maximum atomic E-state index is 11.7. The van der Waals surface area contributed by atoms with E-state index in [2.05, 4.69) is 15.9 Å². The Bertz CT molecular complexity index is 670. The minimum atomic E-state index is -0.846. The number of benzene rings is 2. The van der Waals surface area contributed by atoms with Gasteiger partial charge < -0.3 is 14.6 Å². The summed E-state index contributed by atoms with van der Waals surface area (Å²) >= 11 is 3.46. The molecule has 0 fully saturated rings. The van der Waals surface area contributed by atoms with Crippen LogP contribution in [0.25, 0.3) is 0 Å². The van der Waals surface area contributed by atoms with Crippen LogP contribution in [0.2, 0.25) is 0 Å².